The third-order valence-electron chi connectivity index (χ3n) is 2.41. The van der Waals surface area contributed by atoms with Crippen molar-refractivity contribution >= 4 is 39.3 Å². The zero-order valence-electron chi connectivity index (χ0n) is 9.64. The van der Waals surface area contributed by atoms with E-state index in [-0.39, 0.29) is 0 Å². The van der Waals surface area contributed by atoms with E-state index < -0.39 is 11.4 Å². The molecule has 0 bridgehead atoms. The number of carboxylic acids is 1. The van der Waals surface area contributed by atoms with Gasteiger partial charge in [0.05, 0.1) is 15.6 Å². The van der Waals surface area contributed by atoms with Gasteiger partial charge in [-0.1, -0.05) is 23.9 Å². The molecule has 2 aromatic rings. The average molecular weight is 267 g/mol. The van der Waals surface area contributed by atoms with Crippen LogP contribution in [0.3, 0.4) is 0 Å². The number of hydrogen-bond acceptors (Lipinski definition) is 4. The summed E-state index contributed by atoms with van der Waals surface area (Å²) in [5.74, 6) is -0.242. The highest BCUT2D eigenvalue weighted by atomic mass is 32.2. The molecular weight excluding hydrogens is 254 g/mol. The molecule has 0 aliphatic carbocycles. The van der Waals surface area contributed by atoms with Gasteiger partial charge < -0.3 is 5.11 Å². The van der Waals surface area contributed by atoms with Crippen LogP contribution < -0.4 is 0 Å². The van der Waals surface area contributed by atoms with Crippen molar-refractivity contribution in [2.24, 2.45) is 5.41 Å². The number of nitrogens with zero attached hydrogens (tertiary/aromatic N) is 1. The number of thiazole rings is 1. The van der Waals surface area contributed by atoms with Gasteiger partial charge in [0.2, 0.25) is 0 Å². The number of para-hydroxylation sites is 1. The maximum Gasteiger partial charge on any atom is 0.309 e. The van der Waals surface area contributed by atoms with Crippen molar-refractivity contribution in [1.82, 2.24) is 4.98 Å². The van der Waals surface area contributed by atoms with Crippen LogP contribution in [0.2, 0.25) is 0 Å². The zero-order valence-corrected chi connectivity index (χ0v) is 11.3. The van der Waals surface area contributed by atoms with Crippen LogP contribution in [0, 0.1) is 5.41 Å². The molecule has 0 amide bonds. The average Bonchev–Trinajstić information content (AvgIpc) is 2.69. The molecule has 1 heterocycles. The molecule has 0 aliphatic rings. The molecule has 0 spiro atoms. The quantitative estimate of drug-likeness (QED) is 0.861. The number of thioether (sulfide) groups is 1. The molecule has 0 radical (unpaired) electrons. The normalized spacial score (nSPS) is 11.9. The molecule has 0 fully saturated rings. The van der Waals surface area contributed by atoms with Crippen LogP contribution in [0.1, 0.15) is 13.8 Å². The first-order valence-corrected chi connectivity index (χ1v) is 7.01. The number of benzene rings is 1. The topological polar surface area (TPSA) is 50.2 Å². The monoisotopic (exact) mass is 267 g/mol. The Morgan fingerprint density at radius 2 is 2.18 bits per heavy atom. The molecule has 90 valence electrons. The Morgan fingerprint density at radius 1 is 1.47 bits per heavy atom. The van der Waals surface area contributed by atoms with E-state index in [4.69, 9.17) is 5.11 Å². The van der Waals surface area contributed by atoms with E-state index in [9.17, 15) is 4.79 Å². The Balaban J connectivity index is 2.12. The summed E-state index contributed by atoms with van der Waals surface area (Å²) in [7, 11) is 0. The molecule has 3 nitrogen and oxygen atoms in total. The fourth-order valence-corrected chi connectivity index (χ4v) is 3.37. The van der Waals surface area contributed by atoms with Crippen molar-refractivity contribution in [3.63, 3.8) is 0 Å². The minimum Gasteiger partial charge on any atom is -0.481 e. The highest BCUT2D eigenvalue weighted by Gasteiger charge is 2.27. The summed E-state index contributed by atoms with van der Waals surface area (Å²) >= 11 is 3.12. The molecule has 0 aliphatic heterocycles. The molecular formula is C12H13NO2S2. The van der Waals surface area contributed by atoms with Crippen molar-refractivity contribution < 1.29 is 9.90 Å². The van der Waals surface area contributed by atoms with Gasteiger partial charge in [0.25, 0.3) is 0 Å². The lowest BCUT2D eigenvalue weighted by Gasteiger charge is -2.16. The van der Waals surface area contributed by atoms with Crippen molar-refractivity contribution in [3.8, 4) is 0 Å². The summed E-state index contributed by atoms with van der Waals surface area (Å²) in [5.41, 5.74) is 0.260. The Kier molecular flexibility index (Phi) is 3.40. The van der Waals surface area contributed by atoms with E-state index in [1.54, 1.807) is 25.2 Å². The molecule has 5 heteroatoms. The molecule has 2 rings (SSSR count). The lowest BCUT2D eigenvalue weighted by molar-refractivity contribution is -0.145. The molecule has 17 heavy (non-hydrogen) atoms. The van der Waals surface area contributed by atoms with Gasteiger partial charge >= 0.3 is 5.97 Å². The highest BCUT2D eigenvalue weighted by molar-refractivity contribution is 8.01. The van der Waals surface area contributed by atoms with Crippen molar-refractivity contribution in [1.29, 1.82) is 0 Å². The van der Waals surface area contributed by atoms with Gasteiger partial charge in [0.15, 0.2) is 4.34 Å². The van der Waals surface area contributed by atoms with Crippen LogP contribution in [0.15, 0.2) is 28.6 Å². The molecule has 1 N–H and O–H groups in total. The first-order chi connectivity index (χ1) is 7.99. The minimum atomic E-state index is -0.772. The molecule has 0 saturated carbocycles. The van der Waals surface area contributed by atoms with E-state index in [1.807, 2.05) is 24.3 Å². The predicted octanol–water partition coefficient (Wildman–Crippen LogP) is 3.50. The summed E-state index contributed by atoms with van der Waals surface area (Å²) in [6, 6.07) is 7.94. The Hall–Kier alpha value is -1.07. The van der Waals surface area contributed by atoms with E-state index in [1.165, 1.54) is 11.8 Å². The number of hydrogen-bond donors (Lipinski definition) is 1. The number of aliphatic carboxylic acids is 1. The second-order valence-electron chi connectivity index (χ2n) is 4.43. The van der Waals surface area contributed by atoms with Crippen molar-refractivity contribution in [2.45, 2.75) is 18.2 Å². The fraction of sp³-hybridized carbons (Fsp3) is 0.333. The van der Waals surface area contributed by atoms with Crippen LogP contribution in [0.5, 0.6) is 0 Å². The number of carbonyl (C=O) groups is 1. The van der Waals surface area contributed by atoms with Gasteiger partial charge in [-0.25, -0.2) is 4.98 Å². The number of fused-ring (bicyclic) bond motifs is 1. The maximum atomic E-state index is 11.0. The summed E-state index contributed by atoms with van der Waals surface area (Å²) in [4.78, 5) is 15.4. The summed E-state index contributed by atoms with van der Waals surface area (Å²) in [6.07, 6.45) is 0. The minimum absolute atomic E-state index is 0.530. The van der Waals surface area contributed by atoms with E-state index in [0.717, 1.165) is 14.6 Å². The molecule has 1 aromatic heterocycles. The lowest BCUT2D eigenvalue weighted by atomic mass is 9.97. The first kappa shape index (κ1) is 12.4. The summed E-state index contributed by atoms with van der Waals surface area (Å²) < 4.78 is 2.07. The molecule has 0 saturated heterocycles. The first-order valence-electron chi connectivity index (χ1n) is 5.21. The van der Waals surface area contributed by atoms with Crippen LogP contribution in [0.4, 0.5) is 0 Å². The second-order valence-corrected chi connectivity index (χ2v) is 6.68. The highest BCUT2D eigenvalue weighted by Crippen LogP contribution is 2.33. The summed E-state index contributed by atoms with van der Waals surface area (Å²) in [6.45, 7) is 3.46. The van der Waals surface area contributed by atoms with Gasteiger partial charge in [-0.2, -0.15) is 0 Å². The lowest BCUT2D eigenvalue weighted by Crippen LogP contribution is -2.26. The zero-order chi connectivity index (χ0) is 12.5. The number of rotatable bonds is 4. The largest absolute Gasteiger partial charge is 0.481 e. The van der Waals surface area contributed by atoms with Gasteiger partial charge in [0.1, 0.15) is 0 Å². The van der Waals surface area contributed by atoms with Crippen molar-refractivity contribution in [3.05, 3.63) is 24.3 Å². The van der Waals surface area contributed by atoms with E-state index in [2.05, 4.69) is 4.98 Å². The van der Waals surface area contributed by atoms with Gasteiger partial charge in [-0.15, -0.1) is 11.3 Å². The second kappa shape index (κ2) is 4.66. The van der Waals surface area contributed by atoms with Crippen LogP contribution >= 0.6 is 23.1 Å². The fourth-order valence-electron chi connectivity index (χ4n) is 1.22. The van der Waals surface area contributed by atoms with Crippen LogP contribution in [-0.2, 0) is 4.79 Å². The molecule has 0 unspecified atom stereocenters. The third kappa shape index (κ3) is 2.79. The smallest absolute Gasteiger partial charge is 0.309 e. The van der Waals surface area contributed by atoms with Gasteiger partial charge in [-0.05, 0) is 26.0 Å². The Bertz CT molecular complexity index is 515. The molecule has 1 aromatic carbocycles. The summed E-state index contributed by atoms with van der Waals surface area (Å²) in [5, 5.41) is 9.03. The predicted molar refractivity (Wildman–Crippen MR) is 71.8 cm³/mol. The maximum absolute atomic E-state index is 11.0. The SMILES string of the molecule is CC(C)(CSc1nc2ccccc2s1)C(=O)O. The molecule has 0 atom stereocenters. The Morgan fingerprint density at radius 3 is 2.82 bits per heavy atom. The number of carboxylic acid groups (broad SMARTS) is 1. The van der Waals surface area contributed by atoms with Crippen LogP contribution in [-0.4, -0.2) is 21.8 Å². The van der Waals surface area contributed by atoms with Crippen LogP contribution in [0.25, 0.3) is 10.2 Å². The van der Waals surface area contributed by atoms with E-state index in [0.29, 0.717) is 5.75 Å². The van der Waals surface area contributed by atoms with Gasteiger partial charge in [0, 0.05) is 5.75 Å². The Labute approximate surface area is 108 Å². The third-order valence-corrected chi connectivity index (χ3v) is 5.05. The van der Waals surface area contributed by atoms with E-state index >= 15 is 0 Å². The standard InChI is InChI=1S/C12H13NO2S2/c1-12(2,10(14)15)7-16-11-13-8-5-3-4-6-9(8)17-11/h3-6H,7H2,1-2H3,(H,14,15). The van der Waals surface area contributed by atoms with Crippen molar-refractivity contribution in [2.75, 3.05) is 5.75 Å². The number of aromatic nitrogens is 1. The van der Waals surface area contributed by atoms with Gasteiger partial charge in [-0.3, -0.25) is 4.79 Å².